The number of fused-ring (bicyclic) bond motifs is 1. The van der Waals surface area contributed by atoms with Crippen molar-refractivity contribution in [1.29, 1.82) is 0 Å². The maximum atomic E-state index is 12.6. The van der Waals surface area contributed by atoms with Crippen LogP contribution in [-0.4, -0.2) is 29.0 Å². The molecular weight excluding hydrogens is 430 g/mol. The average Bonchev–Trinajstić information content (AvgIpc) is 3.21. The maximum absolute atomic E-state index is 12.6. The Morgan fingerprint density at radius 3 is 2.68 bits per heavy atom. The molecular formula is C27H23N3O4. The van der Waals surface area contributed by atoms with Crippen LogP contribution in [0, 0.1) is 11.8 Å². The van der Waals surface area contributed by atoms with Gasteiger partial charge in [0.25, 0.3) is 6.47 Å². The van der Waals surface area contributed by atoms with Crippen LogP contribution in [0.15, 0.2) is 72.9 Å². The lowest BCUT2D eigenvalue weighted by Crippen LogP contribution is -2.18. The molecule has 0 aliphatic rings. The van der Waals surface area contributed by atoms with Crippen molar-refractivity contribution in [3.63, 3.8) is 0 Å². The first kappa shape index (κ1) is 22.6. The first-order valence-electron chi connectivity index (χ1n) is 10.7. The number of hydrogen-bond acceptors (Lipinski definition) is 5. The van der Waals surface area contributed by atoms with E-state index in [2.05, 4.69) is 27.0 Å². The van der Waals surface area contributed by atoms with E-state index in [0.29, 0.717) is 12.3 Å². The first-order valence-corrected chi connectivity index (χ1v) is 10.7. The standard InChI is InChI=1S/C27H23N3O4/c1-19(21-8-4-3-5-9-21)34-27(32)29-26-25(17-28-30(26)2)24-13-12-22-15-20(7-6-14-33-18-31)10-11-23(22)16-24/h3-5,8-13,15-19H,14H2,1-2H3,(H,29,32). The maximum Gasteiger partial charge on any atom is 0.413 e. The summed E-state index contributed by atoms with van der Waals surface area (Å²) < 4.78 is 11.8. The van der Waals surface area contributed by atoms with Gasteiger partial charge in [-0.25, -0.2) is 4.79 Å². The number of aryl methyl sites for hydroxylation is 1. The number of aromatic nitrogens is 2. The molecule has 0 saturated heterocycles. The lowest BCUT2D eigenvalue weighted by atomic mass is 10.0. The van der Waals surface area contributed by atoms with Gasteiger partial charge in [0, 0.05) is 18.2 Å². The summed E-state index contributed by atoms with van der Waals surface area (Å²) in [5, 5.41) is 9.18. The van der Waals surface area contributed by atoms with Crippen molar-refractivity contribution < 1.29 is 19.1 Å². The number of carbonyl (C=O) groups is 2. The molecule has 1 N–H and O–H groups in total. The summed E-state index contributed by atoms with van der Waals surface area (Å²) in [6.45, 7) is 2.27. The minimum Gasteiger partial charge on any atom is -0.455 e. The SMILES string of the molecule is CC(OC(=O)Nc1c(-c2ccc3cc(C#CCOC=O)ccc3c2)cnn1C)c1ccccc1. The highest BCUT2D eigenvalue weighted by Gasteiger charge is 2.17. The molecule has 0 spiro atoms. The molecule has 0 fully saturated rings. The molecule has 7 heteroatoms. The molecule has 1 aromatic heterocycles. The Morgan fingerprint density at radius 1 is 1.12 bits per heavy atom. The molecule has 0 radical (unpaired) electrons. The third-order valence-electron chi connectivity index (χ3n) is 5.32. The Kier molecular flexibility index (Phi) is 6.89. The summed E-state index contributed by atoms with van der Waals surface area (Å²) in [4.78, 5) is 22.8. The first-order chi connectivity index (χ1) is 16.5. The van der Waals surface area contributed by atoms with Crippen molar-refractivity contribution in [3.05, 3.63) is 84.1 Å². The van der Waals surface area contributed by atoms with E-state index in [9.17, 15) is 9.59 Å². The second-order valence-corrected chi connectivity index (χ2v) is 7.60. The van der Waals surface area contributed by atoms with Crippen molar-refractivity contribution in [2.45, 2.75) is 13.0 Å². The number of anilines is 1. The van der Waals surface area contributed by atoms with Gasteiger partial charge in [0.2, 0.25) is 0 Å². The van der Waals surface area contributed by atoms with Crippen LogP contribution in [0.25, 0.3) is 21.9 Å². The summed E-state index contributed by atoms with van der Waals surface area (Å²) >= 11 is 0. The highest BCUT2D eigenvalue weighted by molar-refractivity contribution is 5.93. The predicted molar refractivity (Wildman–Crippen MR) is 130 cm³/mol. The van der Waals surface area contributed by atoms with E-state index in [1.54, 1.807) is 17.9 Å². The van der Waals surface area contributed by atoms with Gasteiger partial charge < -0.3 is 9.47 Å². The zero-order chi connectivity index (χ0) is 23.9. The summed E-state index contributed by atoms with van der Waals surface area (Å²) in [6.07, 6.45) is 0.772. The monoisotopic (exact) mass is 453 g/mol. The van der Waals surface area contributed by atoms with Crippen LogP contribution in [0.2, 0.25) is 0 Å². The zero-order valence-corrected chi connectivity index (χ0v) is 18.8. The van der Waals surface area contributed by atoms with Gasteiger partial charge in [-0.1, -0.05) is 60.4 Å². The van der Waals surface area contributed by atoms with Gasteiger partial charge in [0.1, 0.15) is 11.9 Å². The van der Waals surface area contributed by atoms with E-state index >= 15 is 0 Å². The summed E-state index contributed by atoms with van der Waals surface area (Å²) in [5.74, 6) is 6.30. The second-order valence-electron chi connectivity index (χ2n) is 7.60. The van der Waals surface area contributed by atoms with Gasteiger partial charge in [0.05, 0.1) is 6.20 Å². The lowest BCUT2D eigenvalue weighted by Gasteiger charge is -2.15. The smallest absolute Gasteiger partial charge is 0.413 e. The minimum absolute atomic E-state index is 0.0593. The molecule has 7 nitrogen and oxygen atoms in total. The Balaban J connectivity index is 1.53. The van der Waals surface area contributed by atoms with E-state index in [1.807, 2.05) is 73.7 Å². The number of hydrogen-bond donors (Lipinski definition) is 1. The van der Waals surface area contributed by atoms with Crippen molar-refractivity contribution in [1.82, 2.24) is 9.78 Å². The third-order valence-corrected chi connectivity index (χ3v) is 5.32. The molecule has 0 aliphatic heterocycles. The largest absolute Gasteiger partial charge is 0.455 e. The second kappa shape index (κ2) is 10.4. The van der Waals surface area contributed by atoms with E-state index in [4.69, 9.17) is 4.74 Å². The van der Waals surface area contributed by atoms with Crippen molar-refractivity contribution in [3.8, 4) is 23.0 Å². The number of amides is 1. The van der Waals surface area contributed by atoms with Gasteiger partial charge in [-0.15, -0.1) is 0 Å². The Labute approximate surface area is 197 Å². The molecule has 0 saturated carbocycles. The number of carbonyl (C=O) groups excluding carboxylic acids is 2. The van der Waals surface area contributed by atoms with E-state index in [-0.39, 0.29) is 12.7 Å². The number of nitrogens with one attached hydrogen (secondary N) is 1. The third kappa shape index (κ3) is 5.25. The van der Waals surface area contributed by atoms with Gasteiger partial charge in [-0.05, 0) is 47.0 Å². The van der Waals surface area contributed by atoms with Gasteiger partial charge in [-0.3, -0.25) is 14.8 Å². The number of benzene rings is 3. The van der Waals surface area contributed by atoms with E-state index in [0.717, 1.165) is 33.0 Å². The Bertz CT molecular complexity index is 1380. The molecule has 1 atom stereocenters. The van der Waals surface area contributed by atoms with Crippen LogP contribution in [0.4, 0.5) is 10.6 Å². The normalized spacial score (nSPS) is 11.2. The predicted octanol–water partition coefficient (Wildman–Crippen LogP) is 5.07. The fourth-order valence-corrected chi connectivity index (χ4v) is 3.58. The minimum atomic E-state index is -0.552. The van der Waals surface area contributed by atoms with Gasteiger partial charge in [0.15, 0.2) is 6.61 Å². The quantitative estimate of drug-likeness (QED) is 0.250. The highest BCUT2D eigenvalue weighted by atomic mass is 16.6. The molecule has 1 heterocycles. The molecule has 3 aromatic carbocycles. The lowest BCUT2D eigenvalue weighted by molar-refractivity contribution is -0.127. The van der Waals surface area contributed by atoms with Crippen LogP contribution >= 0.6 is 0 Å². The van der Waals surface area contributed by atoms with Crippen molar-refractivity contribution in [2.24, 2.45) is 7.05 Å². The van der Waals surface area contributed by atoms with Gasteiger partial charge in [-0.2, -0.15) is 5.10 Å². The van der Waals surface area contributed by atoms with Crippen LogP contribution in [0.1, 0.15) is 24.2 Å². The van der Waals surface area contributed by atoms with Crippen LogP contribution in [-0.2, 0) is 21.3 Å². The fraction of sp³-hybridized carbons (Fsp3) is 0.148. The van der Waals surface area contributed by atoms with Crippen LogP contribution < -0.4 is 5.32 Å². The van der Waals surface area contributed by atoms with Crippen molar-refractivity contribution in [2.75, 3.05) is 11.9 Å². The topological polar surface area (TPSA) is 82.4 Å². The summed E-state index contributed by atoms with van der Waals surface area (Å²) in [7, 11) is 1.76. The van der Waals surface area contributed by atoms with Crippen LogP contribution in [0.3, 0.4) is 0 Å². The average molecular weight is 453 g/mol. The molecule has 0 aliphatic carbocycles. The van der Waals surface area contributed by atoms with Gasteiger partial charge >= 0.3 is 6.09 Å². The number of rotatable bonds is 6. The Morgan fingerprint density at radius 2 is 1.88 bits per heavy atom. The van der Waals surface area contributed by atoms with E-state index < -0.39 is 6.09 Å². The molecule has 170 valence electrons. The zero-order valence-electron chi connectivity index (χ0n) is 18.8. The molecule has 4 rings (SSSR count). The Hall–Kier alpha value is -4.57. The molecule has 4 aromatic rings. The number of nitrogens with zero attached hydrogens (tertiary/aromatic N) is 2. The molecule has 1 unspecified atom stereocenters. The van der Waals surface area contributed by atoms with Crippen molar-refractivity contribution >= 4 is 29.2 Å². The summed E-state index contributed by atoms with van der Waals surface area (Å²) in [6, 6.07) is 21.4. The van der Waals surface area contributed by atoms with Crippen LogP contribution in [0.5, 0.6) is 0 Å². The fourth-order valence-electron chi connectivity index (χ4n) is 3.58. The molecule has 0 bridgehead atoms. The number of ether oxygens (including phenoxy) is 2. The summed E-state index contributed by atoms with van der Waals surface area (Å²) in [5.41, 5.74) is 3.43. The van der Waals surface area contributed by atoms with E-state index in [1.165, 1.54) is 0 Å². The molecule has 34 heavy (non-hydrogen) atoms. The molecule has 1 amide bonds. The highest BCUT2D eigenvalue weighted by Crippen LogP contribution is 2.31.